The smallest absolute Gasteiger partial charge is 0.144 e. The van der Waals surface area contributed by atoms with E-state index in [1.165, 1.54) is 0 Å². The monoisotopic (exact) mass is 344 g/mol. The SMILES string of the molecule is C[C@@H](/C=C/CO)OC(c1ccccc1)(c1ccccc1)c1ccccc1. The standard InChI is InChI=1S/C24H24O2/c1-20(12-11-19-25)26-24(21-13-5-2-6-14-21,22-15-7-3-8-16-22)23-17-9-4-10-18-23/h2-18,20,25H,19H2,1H3/b12-11+/t20-/m0/s1. The van der Waals surface area contributed by atoms with Crippen LogP contribution in [-0.4, -0.2) is 17.8 Å². The molecule has 0 aromatic heterocycles. The van der Waals surface area contributed by atoms with E-state index in [4.69, 9.17) is 9.84 Å². The van der Waals surface area contributed by atoms with E-state index in [9.17, 15) is 0 Å². The first kappa shape index (κ1) is 18.1. The molecule has 0 heterocycles. The van der Waals surface area contributed by atoms with Crippen molar-refractivity contribution in [3.8, 4) is 0 Å². The molecular formula is C24H24O2. The highest BCUT2D eigenvalue weighted by molar-refractivity contribution is 5.47. The van der Waals surface area contributed by atoms with Crippen LogP contribution in [0.5, 0.6) is 0 Å². The Morgan fingerprint density at radius 1 is 0.769 bits per heavy atom. The minimum Gasteiger partial charge on any atom is -0.392 e. The molecule has 0 aliphatic rings. The molecule has 0 radical (unpaired) electrons. The lowest BCUT2D eigenvalue weighted by Crippen LogP contribution is -2.35. The molecule has 0 bridgehead atoms. The summed E-state index contributed by atoms with van der Waals surface area (Å²) < 4.78 is 6.70. The van der Waals surface area contributed by atoms with Crippen LogP contribution in [0.4, 0.5) is 0 Å². The van der Waals surface area contributed by atoms with Crippen LogP contribution in [0, 0.1) is 0 Å². The zero-order valence-corrected chi connectivity index (χ0v) is 15.0. The second-order valence-corrected chi connectivity index (χ2v) is 6.21. The number of hydrogen-bond donors (Lipinski definition) is 1. The molecular weight excluding hydrogens is 320 g/mol. The number of rotatable bonds is 7. The number of benzene rings is 3. The molecule has 26 heavy (non-hydrogen) atoms. The summed E-state index contributed by atoms with van der Waals surface area (Å²) in [5.74, 6) is 0. The van der Waals surface area contributed by atoms with Crippen molar-refractivity contribution in [3.63, 3.8) is 0 Å². The number of aliphatic hydroxyl groups is 1. The van der Waals surface area contributed by atoms with Gasteiger partial charge >= 0.3 is 0 Å². The lowest BCUT2D eigenvalue weighted by molar-refractivity contribution is -0.0160. The van der Waals surface area contributed by atoms with E-state index in [2.05, 4.69) is 36.4 Å². The Kier molecular flexibility index (Phi) is 6.00. The average Bonchev–Trinajstić information content (AvgIpc) is 2.72. The van der Waals surface area contributed by atoms with Crippen LogP contribution in [0.2, 0.25) is 0 Å². The highest BCUT2D eigenvalue weighted by Gasteiger charge is 2.38. The molecule has 2 heteroatoms. The fourth-order valence-electron chi connectivity index (χ4n) is 3.29. The fraction of sp³-hybridized carbons (Fsp3) is 0.167. The topological polar surface area (TPSA) is 29.5 Å². The fourth-order valence-corrected chi connectivity index (χ4v) is 3.29. The molecule has 0 aliphatic heterocycles. The normalized spacial score (nSPS) is 13.0. The van der Waals surface area contributed by atoms with Crippen LogP contribution in [0.3, 0.4) is 0 Å². The molecule has 1 atom stereocenters. The summed E-state index contributed by atoms with van der Waals surface area (Å²) in [4.78, 5) is 0. The maximum Gasteiger partial charge on any atom is 0.144 e. The second-order valence-electron chi connectivity index (χ2n) is 6.21. The highest BCUT2D eigenvalue weighted by atomic mass is 16.5. The van der Waals surface area contributed by atoms with E-state index in [0.717, 1.165) is 16.7 Å². The van der Waals surface area contributed by atoms with E-state index < -0.39 is 5.60 Å². The number of ether oxygens (including phenoxy) is 1. The van der Waals surface area contributed by atoms with Gasteiger partial charge in [-0.15, -0.1) is 0 Å². The lowest BCUT2D eigenvalue weighted by atomic mass is 9.80. The van der Waals surface area contributed by atoms with Crippen LogP contribution >= 0.6 is 0 Å². The van der Waals surface area contributed by atoms with Crippen molar-refractivity contribution in [1.82, 2.24) is 0 Å². The molecule has 132 valence electrons. The van der Waals surface area contributed by atoms with Gasteiger partial charge in [0.25, 0.3) is 0 Å². The third kappa shape index (κ3) is 3.77. The average molecular weight is 344 g/mol. The summed E-state index contributed by atoms with van der Waals surface area (Å²) in [6.07, 6.45) is 3.43. The first-order valence-corrected chi connectivity index (χ1v) is 8.89. The van der Waals surface area contributed by atoms with Gasteiger partial charge in [-0.05, 0) is 23.6 Å². The summed E-state index contributed by atoms with van der Waals surface area (Å²) in [5, 5.41) is 9.12. The minimum atomic E-state index is -0.733. The van der Waals surface area contributed by atoms with Gasteiger partial charge in [0.2, 0.25) is 0 Å². The first-order chi connectivity index (χ1) is 12.8. The number of hydrogen-bond acceptors (Lipinski definition) is 2. The van der Waals surface area contributed by atoms with Crippen molar-refractivity contribution < 1.29 is 9.84 Å². The molecule has 0 aliphatic carbocycles. The van der Waals surface area contributed by atoms with Crippen LogP contribution < -0.4 is 0 Å². The molecule has 3 aromatic carbocycles. The predicted octanol–water partition coefficient (Wildman–Crippen LogP) is 4.93. The van der Waals surface area contributed by atoms with Gasteiger partial charge in [-0.3, -0.25) is 0 Å². The van der Waals surface area contributed by atoms with Crippen LogP contribution in [0.15, 0.2) is 103 Å². The van der Waals surface area contributed by atoms with Crippen LogP contribution in [0.1, 0.15) is 23.6 Å². The van der Waals surface area contributed by atoms with E-state index in [1.54, 1.807) is 6.08 Å². The van der Waals surface area contributed by atoms with E-state index in [0.29, 0.717) is 0 Å². The Balaban J connectivity index is 2.23. The number of aliphatic hydroxyl groups excluding tert-OH is 1. The van der Waals surface area contributed by atoms with E-state index >= 15 is 0 Å². The molecule has 0 saturated heterocycles. The molecule has 0 amide bonds. The first-order valence-electron chi connectivity index (χ1n) is 8.89. The van der Waals surface area contributed by atoms with Crippen molar-refractivity contribution in [2.24, 2.45) is 0 Å². The lowest BCUT2D eigenvalue weighted by Gasteiger charge is -2.37. The Bertz CT molecular complexity index is 714. The van der Waals surface area contributed by atoms with Crippen molar-refractivity contribution >= 4 is 0 Å². The van der Waals surface area contributed by atoms with Crippen molar-refractivity contribution in [2.75, 3.05) is 6.61 Å². The van der Waals surface area contributed by atoms with Crippen LogP contribution in [0.25, 0.3) is 0 Å². The van der Waals surface area contributed by atoms with Gasteiger partial charge in [-0.25, -0.2) is 0 Å². The van der Waals surface area contributed by atoms with Gasteiger partial charge in [-0.2, -0.15) is 0 Å². The summed E-state index contributed by atoms with van der Waals surface area (Å²) in [6, 6.07) is 30.8. The van der Waals surface area contributed by atoms with Gasteiger partial charge in [0.05, 0.1) is 12.7 Å². The highest BCUT2D eigenvalue weighted by Crippen LogP contribution is 2.41. The van der Waals surface area contributed by atoms with Crippen molar-refractivity contribution in [3.05, 3.63) is 120 Å². The third-order valence-corrected chi connectivity index (χ3v) is 4.42. The zero-order chi connectivity index (χ0) is 18.2. The minimum absolute atomic E-state index is 0.00269. The molecule has 0 saturated carbocycles. The van der Waals surface area contributed by atoms with Gasteiger partial charge in [0.1, 0.15) is 5.60 Å². The molecule has 0 unspecified atom stereocenters. The third-order valence-electron chi connectivity index (χ3n) is 4.42. The Hall–Kier alpha value is -2.68. The predicted molar refractivity (Wildman–Crippen MR) is 106 cm³/mol. The van der Waals surface area contributed by atoms with Crippen molar-refractivity contribution in [1.29, 1.82) is 0 Å². The quantitative estimate of drug-likeness (QED) is 0.486. The van der Waals surface area contributed by atoms with Gasteiger partial charge in [-0.1, -0.05) is 103 Å². The van der Waals surface area contributed by atoms with Gasteiger partial charge in [0.15, 0.2) is 0 Å². The van der Waals surface area contributed by atoms with Crippen molar-refractivity contribution in [2.45, 2.75) is 18.6 Å². The van der Waals surface area contributed by atoms with Gasteiger partial charge < -0.3 is 9.84 Å². The molecule has 1 N–H and O–H groups in total. The van der Waals surface area contributed by atoms with Gasteiger partial charge in [0, 0.05) is 0 Å². The van der Waals surface area contributed by atoms with E-state index in [1.807, 2.05) is 67.6 Å². The summed E-state index contributed by atoms with van der Waals surface area (Å²) in [6.45, 7) is 2.00. The summed E-state index contributed by atoms with van der Waals surface area (Å²) >= 11 is 0. The maximum absolute atomic E-state index is 9.12. The Morgan fingerprint density at radius 2 is 1.15 bits per heavy atom. The van der Waals surface area contributed by atoms with E-state index in [-0.39, 0.29) is 12.7 Å². The summed E-state index contributed by atoms with van der Waals surface area (Å²) in [5.41, 5.74) is 2.48. The molecule has 0 spiro atoms. The van der Waals surface area contributed by atoms with Crippen LogP contribution in [-0.2, 0) is 10.3 Å². The zero-order valence-electron chi connectivity index (χ0n) is 15.0. The molecule has 0 fully saturated rings. The Labute approximate surface area is 155 Å². The molecule has 3 rings (SSSR count). The summed E-state index contributed by atoms with van der Waals surface area (Å²) in [7, 11) is 0. The largest absolute Gasteiger partial charge is 0.392 e. The molecule has 3 aromatic rings. The second kappa shape index (κ2) is 8.61. The maximum atomic E-state index is 9.12. The molecule has 2 nitrogen and oxygen atoms in total. The Morgan fingerprint density at radius 3 is 1.50 bits per heavy atom.